The number of nitrogens with one attached hydrogen (secondary N) is 2. The van der Waals surface area contributed by atoms with Gasteiger partial charge in [-0.2, -0.15) is 0 Å². The molecule has 0 fully saturated rings. The Kier molecular flexibility index (Phi) is 5.79. The fourth-order valence-corrected chi connectivity index (χ4v) is 1.71. The van der Waals surface area contributed by atoms with Crippen LogP contribution < -0.4 is 10.6 Å². The predicted octanol–water partition coefficient (Wildman–Crippen LogP) is 2.85. The number of ether oxygens (including phenoxy) is 1. The van der Waals surface area contributed by atoms with Gasteiger partial charge >= 0.3 is 6.09 Å². The van der Waals surface area contributed by atoms with Crippen LogP contribution in [0.5, 0.6) is 0 Å². The molecule has 1 aromatic carbocycles. The number of amides is 1. The van der Waals surface area contributed by atoms with Gasteiger partial charge in [-0.1, -0.05) is 0 Å². The summed E-state index contributed by atoms with van der Waals surface area (Å²) in [5.41, 5.74) is 0.824. The molecule has 0 saturated carbocycles. The SMILES string of the molecule is CCOC(=O)NC(=S)Nc1ccc(SC)cc1. The van der Waals surface area contributed by atoms with Crippen LogP contribution in [0, 0.1) is 0 Å². The highest BCUT2D eigenvalue weighted by molar-refractivity contribution is 7.98. The highest BCUT2D eigenvalue weighted by Crippen LogP contribution is 2.17. The van der Waals surface area contributed by atoms with Crippen molar-refractivity contribution in [2.45, 2.75) is 11.8 Å². The van der Waals surface area contributed by atoms with Crippen molar-refractivity contribution in [3.63, 3.8) is 0 Å². The normalized spacial score (nSPS) is 9.53. The Morgan fingerprint density at radius 3 is 2.59 bits per heavy atom. The second-order valence-electron chi connectivity index (χ2n) is 3.03. The van der Waals surface area contributed by atoms with E-state index in [-0.39, 0.29) is 5.11 Å². The van der Waals surface area contributed by atoms with Crippen molar-refractivity contribution in [3.05, 3.63) is 24.3 Å². The van der Waals surface area contributed by atoms with E-state index in [9.17, 15) is 4.79 Å². The van der Waals surface area contributed by atoms with Crippen LogP contribution in [0.15, 0.2) is 29.2 Å². The third-order valence-electron chi connectivity index (χ3n) is 1.84. The molecule has 0 aliphatic heterocycles. The minimum atomic E-state index is -0.550. The Hall–Kier alpha value is -1.27. The van der Waals surface area contributed by atoms with Gasteiger partial charge in [0.25, 0.3) is 0 Å². The molecule has 0 saturated heterocycles. The zero-order valence-corrected chi connectivity index (χ0v) is 11.3. The molecule has 0 unspecified atom stereocenters. The summed E-state index contributed by atoms with van der Waals surface area (Å²) < 4.78 is 4.71. The molecule has 0 aliphatic carbocycles. The van der Waals surface area contributed by atoms with E-state index in [2.05, 4.69) is 10.6 Å². The first-order chi connectivity index (χ1) is 8.15. The number of thioether (sulfide) groups is 1. The third-order valence-corrected chi connectivity index (χ3v) is 2.79. The van der Waals surface area contributed by atoms with Gasteiger partial charge < -0.3 is 10.1 Å². The van der Waals surface area contributed by atoms with Crippen LogP contribution in [0.4, 0.5) is 10.5 Å². The summed E-state index contributed by atoms with van der Waals surface area (Å²) >= 11 is 6.62. The molecule has 17 heavy (non-hydrogen) atoms. The van der Waals surface area contributed by atoms with Gasteiger partial charge in [-0.3, -0.25) is 5.32 Å². The molecule has 4 nitrogen and oxygen atoms in total. The lowest BCUT2D eigenvalue weighted by molar-refractivity contribution is 0.158. The van der Waals surface area contributed by atoms with E-state index in [0.717, 1.165) is 5.69 Å². The summed E-state index contributed by atoms with van der Waals surface area (Å²) in [6.07, 6.45) is 1.46. The molecule has 0 spiro atoms. The Bertz CT molecular complexity index is 393. The predicted molar refractivity (Wildman–Crippen MR) is 74.6 cm³/mol. The zero-order valence-electron chi connectivity index (χ0n) is 9.65. The van der Waals surface area contributed by atoms with Gasteiger partial charge in [0.1, 0.15) is 0 Å². The average molecular weight is 270 g/mol. The maximum atomic E-state index is 11.1. The number of anilines is 1. The van der Waals surface area contributed by atoms with Crippen LogP contribution in [0.3, 0.4) is 0 Å². The molecule has 0 atom stereocenters. The van der Waals surface area contributed by atoms with Gasteiger partial charge in [-0.05, 0) is 49.7 Å². The van der Waals surface area contributed by atoms with Crippen LogP contribution in [0.25, 0.3) is 0 Å². The first-order valence-corrected chi connectivity index (χ1v) is 6.67. The second-order valence-corrected chi connectivity index (χ2v) is 4.32. The first-order valence-electron chi connectivity index (χ1n) is 5.04. The van der Waals surface area contributed by atoms with Gasteiger partial charge in [0.2, 0.25) is 0 Å². The van der Waals surface area contributed by atoms with Crippen molar-refractivity contribution in [1.82, 2.24) is 5.32 Å². The number of hydrogen-bond acceptors (Lipinski definition) is 4. The number of rotatable bonds is 3. The van der Waals surface area contributed by atoms with E-state index < -0.39 is 6.09 Å². The fraction of sp³-hybridized carbons (Fsp3) is 0.273. The van der Waals surface area contributed by atoms with Gasteiger partial charge in [-0.25, -0.2) is 4.79 Å². The van der Waals surface area contributed by atoms with Crippen molar-refractivity contribution in [2.24, 2.45) is 0 Å². The summed E-state index contributed by atoms with van der Waals surface area (Å²) in [7, 11) is 0. The largest absolute Gasteiger partial charge is 0.450 e. The average Bonchev–Trinajstić information content (AvgIpc) is 2.30. The quantitative estimate of drug-likeness (QED) is 0.653. The summed E-state index contributed by atoms with van der Waals surface area (Å²) in [6, 6.07) is 7.73. The molecule has 92 valence electrons. The number of thiocarbonyl (C=S) groups is 1. The van der Waals surface area contributed by atoms with Gasteiger partial charge in [0, 0.05) is 10.6 Å². The van der Waals surface area contributed by atoms with Crippen LogP contribution in [0.2, 0.25) is 0 Å². The molecular formula is C11H14N2O2S2. The third kappa shape index (κ3) is 5.06. The Morgan fingerprint density at radius 1 is 1.41 bits per heavy atom. The van der Waals surface area contributed by atoms with E-state index >= 15 is 0 Å². The lowest BCUT2D eigenvalue weighted by atomic mass is 10.3. The van der Waals surface area contributed by atoms with Crippen molar-refractivity contribution < 1.29 is 9.53 Å². The molecule has 1 rings (SSSR count). The molecule has 0 aromatic heterocycles. The Labute approximate surface area is 110 Å². The topological polar surface area (TPSA) is 50.4 Å². The number of alkyl carbamates (subject to hydrolysis) is 1. The molecule has 0 bridgehead atoms. The summed E-state index contributed by atoms with van der Waals surface area (Å²) in [4.78, 5) is 12.2. The molecule has 0 aliphatic rings. The maximum Gasteiger partial charge on any atom is 0.413 e. The molecule has 0 radical (unpaired) electrons. The molecule has 2 N–H and O–H groups in total. The number of carbonyl (C=O) groups excluding carboxylic acids is 1. The Balaban J connectivity index is 2.47. The molecule has 1 aromatic rings. The monoisotopic (exact) mass is 270 g/mol. The number of carbonyl (C=O) groups is 1. The zero-order chi connectivity index (χ0) is 12.7. The number of hydrogen-bond donors (Lipinski definition) is 2. The first kappa shape index (κ1) is 13.8. The fourth-order valence-electron chi connectivity index (χ4n) is 1.10. The van der Waals surface area contributed by atoms with Crippen molar-refractivity contribution in [3.8, 4) is 0 Å². The van der Waals surface area contributed by atoms with E-state index in [1.165, 1.54) is 4.90 Å². The van der Waals surface area contributed by atoms with Crippen LogP contribution in [0.1, 0.15) is 6.92 Å². The van der Waals surface area contributed by atoms with Gasteiger partial charge in [0.15, 0.2) is 5.11 Å². The lowest BCUT2D eigenvalue weighted by Crippen LogP contribution is -2.34. The number of benzene rings is 1. The standard InChI is InChI=1S/C11H14N2O2S2/c1-3-15-11(14)13-10(16)12-8-4-6-9(17-2)7-5-8/h4-7H,3H2,1-2H3,(H2,12,13,14,16). The van der Waals surface area contributed by atoms with Gasteiger partial charge in [-0.15, -0.1) is 11.8 Å². The maximum absolute atomic E-state index is 11.1. The molecular weight excluding hydrogens is 256 g/mol. The molecule has 6 heteroatoms. The van der Waals surface area contributed by atoms with Crippen LogP contribution >= 0.6 is 24.0 Å². The summed E-state index contributed by atoms with van der Waals surface area (Å²) in [6.45, 7) is 2.05. The van der Waals surface area contributed by atoms with Crippen LogP contribution in [-0.4, -0.2) is 24.1 Å². The summed E-state index contributed by atoms with van der Waals surface area (Å²) in [5, 5.41) is 5.53. The Morgan fingerprint density at radius 2 is 2.06 bits per heavy atom. The van der Waals surface area contributed by atoms with E-state index in [0.29, 0.717) is 6.61 Å². The minimum absolute atomic E-state index is 0.223. The lowest BCUT2D eigenvalue weighted by Gasteiger charge is -2.09. The van der Waals surface area contributed by atoms with E-state index in [1.54, 1.807) is 18.7 Å². The van der Waals surface area contributed by atoms with Crippen molar-refractivity contribution >= 4 is 40.9 Å². The molecule has 0 heterocycles. The highest BCUT2D eigenvalue weighted by atomic mass is 32.2. The van der Waals surface area contributed by atoms with Crippen molar-refractivity contribution in [1.29, 1.82) is 0 Å². The summed E-state index contributed by atoms with van der Waals surface area (Å²) in [5.74, 6) is 0. The molecule has 1 amide bonds. The highest BCUT2D eigenvalue weighted by Gasteiger charge is 2.04. The smallest absolute Gasteiger partial charge is 0.413 e. The van der Waals surface area contributed by atoms with E-state index in [1.807, 2.05) is 30.5 Å². The minimum Gasteiger partial charge on any atom is -0.450 e. The van der Waals surface area contributed by atoms with Gasteiger partial charge in [0.05, 0.1) is 6.61 Å². The van der Waals surface area contributed by atoms with Crippen molar-refractivity contribution in [2.75, 3.05) is 18.2 Å². The van der Waals surface area contributed by atoms with Crippen LogP contribution in [-0.2, 0) is 4.74 Å². The van der Waals surface area contributed by atoms with E-state index in [4.69, 9.17) is 17.0 Å². The second kappa shape index (κ2) is 7.13.